The van der Waals surface area contributed by atoms with Crippen LogP contribution in [0.5, 0.6) is 5.75 Å². The third-order valence-corrected chi connectivity index (χ3v) is 3.13. The van der Waals surface area contributed by atoms with Crippen LogP contribution in [0.1, 0.15) is 17.3 Å². The number of amides is 1. The molecule has 1 aromatic carbocycles. The summed E-state index contributed by atoms with van der Waals surface area (Å²) < 4.78 is 6.19. The van der Waals surface area contributed by atoms with Gasteiger partial charge in [-0.05, 0) is 47.1 Å². The maximum absolute atomic E-state index is 12.2. The van der Waals surface area contributed by atoms with E-state index in [2.05, 4.69) is 26.2 Å². The molecule has 1 heterocycles. The van der Waals surface area contributed by atoms with Crippen molar-refractivity contribution in [1.29, 1.82) is 0 Å². The Morgan fingerprint density at radius 1 is 1.40 bits per heavy atom. The van der Waals surface area contributed by atoms with Gasteiger partial charge in [0.2, 0.25) is 0 Å². The van der Waals surface area contributed by atoms with Gasteiger partial charge in [-0.25, -0.2) is 0 Å². The lowest BCUT2D eigenvalue weighted by Crippen LogP contribution is -2.13. The largest absolute Gasteiger partial charge is 0.492 e. The lowest BCUT2D eigenvalue weighted by molar-refractivity contribution is 0.102. The molecule has 0 spiro atoms. The van der Waals surface area contributed by atoms with Crippen LogP contribution in [0.4, 0.5) is 5.69 Å². The molecule has 1 aromatic heterocycles. The summed E-state index contributed by atoms with van der Waals surface area (Å²) in [6.45, 7) is 2.38. The Balaban J connectivity index is 2.25. The maximum atomic E-state index is 12.2. The first-order valence-electron chi connectivity index (χ1n) is 5.94. The highest BCUT2D eigenvalue weighted by Gasteiger charge is 2.11. The minimum Gasteiger partial charge on any atom is -0.492 e. The molecule has 0 unspecified atom stereocenters. The number of halogens is 2. The number of hydrogen-bond donors (Lipinski definition) is 1. The highest BCUT2D eigenvalue weighted by Crippen LogP contribution is 2.28. The fraction of sp³-hybridized carbons (Fsp3) is 0.143. The van der Waals surface area contributed by atoms with Crippen molar-refractivity contribution in [2.24, 2.45) is 0 Å². The highest BCUT2D eigenvalue weighted by molar-refractivity contribution is 9.10. The van der Waals surface area contributed by atoms with Crippen molar-refractivity contribution in [3.05, 3.63) is 51.7 Å². The molecular weight excluding hydrogens is 344 g/mol. The van der Waals surface area contributed by atoms with E-state index in [1.807, 2.05) is 6.92 Å². The van der Waals surface area contributed by atoms with E-state index in [4.69, 9.17) is 16.3 Å². The molecule has 104 valence electrons. The second-order valence-electron chi connectivity index (χ2n) is 3.92. The standard InChI is InChI=1S/C14H12BrClN2O2/c1-2-20-13-4-3-11(16)6-12(13)18-14(19)9-5-10(15)8-17-7-9/h3-8H,2H2,1H3,(H,18,19). The normalized spacial score (nSPS) is 10.2. The van der Waals surface area contributed by atoms with Crippen LogP contribution >= 0.6 is 27.5 Å². The molecule has 0 fully saturated rings. The number of hydrogen-bond acceptors (Lipinski definition) is 3. The van der Waals surface area contributed by atoms with Crippen LogP contribution in [-0.2, 0) is 0 Å². The van der Waals surface area contributed by atoms with Crippen molar-refractivity contribution >= 4 is 39.1 Å². The monoisotopic (exact) mass is 354 g/mol. The van der Waals surface area contributed by atoms with E-state index in [1.54, 1.807) is 30.5 Å². The van der Waals surface area contributed by atoms with Crippen molar-refractivity contribution < 1.29 is 9.53 Å². The number of pyridine rings is 1. The van der Waals surface area contributed by atoms with Gasteiger partial charge in [-0.1, -0.05) is 11.6 Å². The minimum absolute atomic E-state index is 0.276. The van der Waals surface area contributed by atoms with Crippen molar-refractivity contribution in [1.82, 2.24) is 4.98 Å². The number of aromatic nitrogens is 1. The van der Waals surface area contributed by atoms with E-state index in [9.17, 15) is 4.79 Å². The van der Waals surface area contributed by atoms with Crippen LogP contribution in [0.3, 0.4) is 0 Å². The zero-order valence-electron chi connectivity index (χ0n) is 10.7. The molecule has 0 atom stereocenters. The summed E-state index contributed by atoms with van der Waals surface area (Å²) in [6, 6.07) is 6.77. The Kier molecular flexibility index (Phi) is 4.98. The van der Waals surface area contributed by atoms with Gasteiger partial charge in [0.1, 0.15) is 5.75 Å². The predicted molar refractivity (Wildman–Crippen MR) is 82.5 cm³/mol. The Hall–Kier alpha value is -1.59. The van der Waals surface area contributed by atoms with Gasteiger partial charge in [0.15, 0.2) is 0 Å². The van der Waals surface area contributed by atoms with Gasteiger partial charge >= 0.3 is 0 Å². The Morgan fingerprint density at radius 2 is 2.20 bits per heavy atom. The first-order chi connectivity index (χ1) is 9.60. The molecule has 0 aliphatic heterocycles. The van der Waals surface area contributed by atoms with E-state index in [1.165, 1.54) is 6.20 Å². The van der Waals surface area contributed by atoms with Gasteiger partial charge in [0, 0.05) is 21.9 Å². The molecule has 0 saturated carbocycles. The Bertz CT molecular complexity index is 634. The van der Waals surface area contributed by atoms with Gasteiger partial charge in [0.05, 0.1) is 17.9 Å². The average molecular weight is 356 g/mol. The SMILES string of the molecule is CCOc1ccc(Cl)cc1NC(=O)c1cncc(Br)c1. The van der Waals surface area contributed by atoms with E-state index in [0.717, 1.165) is 4.47 Å². The first kappa shape index (κ1) is 14.8. The van der Waals surface area contributed by atoms with Gasteiger partial charge in [0.25, 0.3) is 5.91 Å². The molecule has 0 aliphatic carbocycles. The number of carbonyl (C=O) groups is 1. The molecule has 20 heavy (non-hydrogen) atoms. The smallest absolute Gasteiger partial charge is 0.257 e. The highest BCUT2D eigenvalue weighted by atomic mass is 79.9. The molecule has 2 aromatic rings. The predicted octanol–water partition coefficient (Wildman–Crippen LogP) is 4.15. The molecule has 0 radical (unpaired) electrons. The number of ether oxygens (including phenoxy) is 1. The number of benzene rings is 1. The zero-order chi connectivity index (χ0) is 14.5. The van der Waals surface area contributed by atoms with E-state index in [0.29, 0.717) is 28.6 Å². The van der Waals surface area contributed by atoms with Gasteiger partial charge < -0.3 is 10.1 Å². The second kappa shape index (κ2) is 6.72. The van der Waals surface area contributed by atoms with Crippen molar-refractivity contribution in [3.8, 4) is 5.75 Å². The molecule has 0 bridgehead atoms. The van der Waals surface area contributed by atoms with Crippen LogP contribution in [0.15, 0.2) is 41.1 Å². The van der Waals surface area contributed by atoms with Crippen LogP contribution in [0, 0.1) is 0 Å². The number of nitrogens with zero attached hydrogens (tertiary/aromatic N) is 1. The summed E-state index contributed by atoms with van der Waals surface area (Å²) in [5, 5.41) is 3.29. The fourth-order valence-electron chi connectivity index (χ4n) is 1.61. The van der Waals surface area contributed by atoms with Gasteiger partial charge in [-0.2, -0.15) is 0 Å². The lowest BCUT2D eigenvalue weighted by Gasteiger charge is -2.12. The van der Waals surface area contributed by atoms with Crippen molar-refractivity contribution in [2.45, 2.75) is 6.92 Å². The van der Waals surface area contributed by atoms with E-state index >= 15 is 0 Å². The van der Waals surface area contributed by atoms with Crippen molar-refractivity contribution in [3.63, 3.8) is 0 Å². The third kappa shape index (κ3) is 3.71. The number of carbonyl (C=O) groups excluding carboxylic acids is 1. The summed E-state index contributed by atoms with van der Waals surface area (Å²) in [5.74, 6) is 0.301. The molecule has 1 amide bonds. The molecule has 1 N–H and O–H groups in total. The van der Waals surface area contributed by atoms with Gasteiger partial charge in [-0.3, -0.25) is 9.78 Å². The van der Waals surface area contributed by atoms with Crippen LogP contribution in [0.25, 0.3) is 0 Å². The molecule has 2 rings (SSSR count). The molecule has 6 heteroatoms. The third-order valence-electron chi connectivity index (χ3n) is 2.46. The minimum atomic E-state index is -0.276. The van der Waals surface area contributed by atoms with Crippen LogP contribution in [-0.4, -0.2) is 17.5 Å². The average Bonchev–Trinajstić information content (AvgIpc) is 2.42. The van der Waals surface area contributed by atoms with Crippen molar-refractivity contribution in [2.75, 3.05) is 11.9 Å². The fourth-order valence-corrected chi connectivity index (χ4v) is 2.15. The number of nitrogens with one attached hydrogen (secondary N) is 1. The maximum Gasteiger partial charge on any atom is 0.257 e. The van der Waals surface area contributed by atoms with E-state index < -0.39 is 0 Å². The first-order valence-corrected chi connectivity index (χ1v) is 7.11. The van der Waals surface area contributed by atoms with Crippen LogP contribution in [0.2, 0.25) is 5.02 Å². The Morgan fingerprint density at radius 3 is 2.90 bits per heavy atom. The van der Waals surface area contributed by atoms with Gasteiger partial charge in [-0.15, -0.1) is 0 Å². The number of anilines is 1. The quantitative estimate of drug-likeness (QED) is 0.896. The molecule has 0 aliphatic rings. The summed E-state index contributed by atoms with van der Waals surface area (Å²) >= 11 is 9.22. The summed E-state index contributed by atoms with van der Waals surface area (Å²) in [4.78, 5) is 16.1. The Labute approximate surface area is 130 Å². The summed E-state index contributed by atoms with van der Waals surface area (Å²) in [5.41, 5.74) is 0.978. The summed E-state index contributed by atoms with van der Waals surface area (Å²) in [6.07, 6.45) is 3.10. The van der Waals surface area contributed by atoms with E-state index in [-0.39, 0.29) is 5.91 Å². The zero-order valence-corrected chi connectivity index (χ0v) is 13.0. The summed E-state index contributed by atoms with van der Waals surface area (Å²) in [7, 11) is 0. The lowest BCUT2D eigenvalue weighted by atomic mass is 10.2. The van der Waals surface area contributed by atoms with Crippen LogP contribution < -0.4 is 10.1 Å². The second-order valence-corrected chi connectivity index (χ2v) is 5.27. The molecule has 4 nitrogen and oxygen atoms in total. The molecule has 0 saturated heterocycles. The number of rotatable bonds is 4. The molecular formula is C14H12BrClN2O2. The topological polar surface area (TPSA) is 51.2 Å².